The van der Waals surface area contributed by atoms with E-state index in [1.807, 2.05) is 12.1 Å². The van der Waals surface area contributed by atoms with Crippen molar-refractivity contribution >= 4 is 5.82 Å². The molecule has 5 heteroatoms. The molecule has 1 atom stereocenters. The highest BCUT2D eigenvalue weighted by Gasteiger charge is 2.20. The van der Waals surface area contributed by atoms with E-state index in [1.54, 1.807) is 13.1 Å². The summed E-state index contributed by atoms with van der Waals surface area (Å²) in [5.74, 6) is 0.916. The van der Waals surface area contributed by atoms with Crippen molar-refractivity contribution in [2.24, 2.45) is 0 Å². The molecule has 0 saturated carbocycles. The second-order valence-electron chi connectivity index (χ2n) is 4.90. The molecule has 1 aromatic heterocycles. The van der Waals surface area contributed by atoms with Gasteiger partial charge in [-0.2, -0.15) is 0 Å². The summed E-state index contributed by atoms with van der Waals surface area (Å²) >= 11 is 0. The van der Waals surface area contributed by atoms with Crippen LogP contribution in [-0.4, -0.2) is 47.6 Å². The summed E-state index contributed by atoms with van der Waals surface area (Å²) < 4.78 is 5.54. The van der Waals surface area contributed by atoms with Crippen LogP contribution >= 0.6 is 0 Å². The standard InChI is InChI=1S/C14H22N2O3/c1-11(18)12-2-5-15-14(10-12)16-6-3-13(4-7-16)19-9-8-17/h2,5,10-11,13,17-18H,3-4,6-9H2,1H3. The van der Waals surface area contributed by atoms with Gasteiger partial charge in [0.15, 0.2) is 0 Å². The number of aromatic nitrogens is 1. The number of pyridine rings is 1. The molecule has 0 aromatic carbocycles. The van der Waals surface area contributed by atoms with Crippen molar-refractivity contribution in [2.45, 2.75) is 32.0 Å². The zero-order chi connectivity index (χ0) is 13.7. The van der Waals surface area contributed by atoms with E-state index in [1.165, 1.54) is 0 Å². The molecule has 5 nitrogen and oxygen atoms in total. The van der Waals surface area contributed by atoms with Gasteiger partial charge in [-0.05, 0) is 37.5 Å². The summed E-state index contributed by atoms with van der Waals surface area (Å²) in [6.07, 6.45) is 3.41. The number of aliphatic hydroxyl groups excluding tert-OH is 2. The summed E-state index contributed by atoms with van der Waals surface area (Å²) in [5, 5.41) is 18.3. The number of rotatable bonds is 5. The molecule has 1 aliphatic rings. The largest absolute Gasteiger partial charge is 0.394 e. The molecule has 0 amide bonds. The zero-order valence-corrected chi connectivity index (χ0v) is 11.3. The number of ether oxygens (including phenoxy) is 1. The maximum Gasteiger partial charge on any atom is 0.128 e. The monoisotopic (exact) mass is 266 g/mol. The number of hydrogen-bond acceptors (Lipinski definition) is 5. The van der Waals surface area contributed by atoms with Crippen LogP contribution in [0.25, 0.3) is 0 Å². The van der Waals surface area contributed by atoms with Crippen LogP contribution in [0.1, 0.15) is 31.4 Å². The minimum atomic E-state index is -0.466. The van der Waals surface area contributed by atoms with Crippen molar-refractivity contribution in [1.82, 2.24) is 4.98 Å². The average Bonchev–Trinajstić information content (AvgIpc) is 2.46. The highest BCUT2D eigenvalue weighted by atomic mass is 16.5. The van der Waals surface area contributed by atoms with Crippen molar-refractivity contribution in [3.63, 3.8) is 0 Å². The van der Waals surface area contributed by atoms with Gasteiger partial charge in [0.05, 0.1) is 25.4 Å². The first-order valence-corrected chi connectivity index (χ1v) is 6.82. The number of aliphatic hydroxyl groups is 2. The Labute approximate surface area is 113 Å². The van der Waals surface area contributed by atoms with Gasteiger partial charge in [0.2, 0.25) is 0 Å². The molecule has 19 heavy (non-hydrogen) atoms. The topological polar surface area (TPSA) is 65.8 Å². The maximum atomic E-state index is 9.60. The molecular weight excluding hydrogens is 244 g/mol. The van der Waals surface area contributed by atoms with Crippen LogP contribution in [0.2, 0.25) is 0 Å². The lowest BCUT2D eigenvalue weighted by Gasteiger charge is -2.32. The molecule has 0 radical (unpaired) electrons. The van der Waals surface area contributed by atoms with Gasteiger partial charge in [0.1, 0.15) is 5.82 Å². The fourth-order valence-electron chi connectivity index (χ4n) is 2.34. The molecule has 1 unspecified atom stereocenters. The maximum absolute atomic E-state index is 9.60. The van der Waals surface area contributed by atoms with Crippen molar-refractivity contribution in [3.8, 4) is 0 Å². The molecule has 106 valence electrons. The Morgan fingerprint density at radius 2 is 2.21 bits per heavy atom. The molecule has 0 bridgehead atoms. The van der Waals surface area contributed by atoms with Crippen LogP contribution in [-0.2, 0) is 4.74 Å². The molecule has 2 heterocycles. The highest BCUT2D eigenvalue weighted by molar-refractivity contribution is 5.42. The van der Waals surface area contributed by atoms with Crippen molar-refractivity contribution in [2.75, 3.05) is 31.2 Å². The van der Waals surface area contributed by atoms with E-state index in [-0.39, 0.29) is 12.7 Å². The Morgan fingerprint density at radius 3 is 2.84 bits per heavy atom. The highest BCUT2D eigenvalue weighted by Crippen LogP contribution is 2.22. The molecular formula is C14H22N2O3. The lowest BCUT2D eigenvalue weighted by atomic mass is 10.1. The number of nitrogens with zero attached hydrogens (tertiary/aromatic N) is 2. The van der Waals surface area contributed by atoms with Gasteiger partial charge in [0, 0.05) is 19.3 Å². The van der Waals surface area contributed by atoms with Crippen molar-refractivity contribution in [3.05, 3.63) is 23.9 Å². The summed E-state index contributed by atoms with van der Waals surface area (Å²) in [7, 11) is 0. The second-order valence-corrected chi connectivity index (χ2v) is 4.90. The molecule has 1 fully saturated rings. The molecule has 1 aliphatic heterocycles. The number of hydrogen-bond donors (Lipinski definition) is 2. The van der Waals surface area contributed by atoms with Crippen LogP contribution in [0.3, 0.4) is 0 Å². The summed E-state index contributed by atoms with van der Waals surface area (Å²) in [6, 6.07) is 3.78. The quantitative estimate of drug-likeness (QED) is 0.836. The molecule has 1 saturated heterocycles. The van der Waals surface area contributed by atoms with Gasteiger partial charge in [-0.1, -0.05) is 0 Å². The van der Waals surface area contributed by atoms with Crippen LogP contribution in [0.15, 0.2) is 18.3 Å². The molecule has 0 spiro atoms. The van der Waals surface area contributed by atoms with E-state index >= 15 is 0 Å². The first-order valence-electron chi connectivity index (χ1n) is 6.82. The first-order chi connectivity index (χ1) is 9.20. The minimum Gasteiger partial charge on any atom is -0.394 e. The molecule has 0 aliphatic carbocycles. The SMILES string of the molecule is CC(O)c1ccnc(N2CCC(OCCO)CC2)c1. The third kappa shape index (κ3) is 3.89. The summed E-state index contributed by atoms with van der Waals surface area (Å²) in [4.78, 5) is 6.58. The van der Waals surface area contributed by atoms with Gasteiger partial charge in [-0.15, -0.1) is 0 Å². The Balaban J connectivity index is 1.92. The van der Waals surface area contributed by atoms with Gasteiger partial charge in [0.25, 0.3) is 0 Å². The van der Waals surface area contributed by atoms with E-state index < -0.39 is 6.10 Å². The van der Waals surface area contributed by atoms with E-state index in [2.05, 4.69) is 9.88 Å². The van der Waals surface area contributed by atoms with Gasteiger partial charge in [-0.25, -0.2) is 4.98 Å². The molecule has 1 aromatic rings. The Bertz CT molecular complexity index is 390. The Kier molecular flexibility index (Phi) is 5.13. The van der Waals surface area contributed by atoms with E-state index in [9.17, 15) is 5.11 Å². The fourth-order valence-corrected chi connectivity index (χ4v) is 2.34. The van der Waals surface area contributed by atoms with Gasteiger partial charge in [-0.3, -0.25) is 0 Å². The fraction of sp³-hybridized carbons (Fsp3) is 0.643. The van der Waals surface area contributed by atoms with Crippen LogP contribution in [0.5, 0.6) is 0 Å². The van der Waals surface area contributed by atoms with E-state index in [4.69, 9.17) is 9.84 Å². The van der Waals surface area contributed by atoms with Gasteiger partial charge < -0.3 is 19.8 Å². The van der Waals surface area contributed by atoms with Crippen LogP contribution < -0.4 is 4.90 Å². The van der Waals surface area contributed by atoms with Crippen LogP contribution in [0.4, 0.5) is 5.82 Å². The first kappa shape index (κ1) is 14.2. The summed E-state index contributed by atoms with van der Waals surface area (Å²) in [5.41, 5.74) is 0.892. The average molecular weight is 266 g/mol. The Hall–Kier alpha value is -1.17. The number of anilines is 1. The normalized spacial score (nSPS) is 18.6. The summed E-state index contributed by atoms with van der Waals surface area (Å²) in [6.45, 7) is 4.05. The smallest absolute Gasteiger partial charge is 0.128 e. The lowest BCUT2D eigenvalue weighted by Crippen LogP contribution is -2.37. The van der Waals surface area contributed by atoms with E-state index in [0.717, 1.165) is 37.3 Å². The zero-order valence-electron chi connectivity index (χ0n) is 11.3. The lowest BCUT2D eigenvalue weighted by molar-refractivity contribution is 0.0158. The third-order valence-corrected chi connectivity index (χ3v) is 3.46. The Morgan fingerprint density at radius 1 is 1.47 bits per heavy atom. The van der Waals surface area contributed by atoms with Crippen LogP contribution in [0, 0.1) is 0 Å². The molecule has 2 rings (SSSR count). The predicted molar refractivity (Wildman–Crippen MR) is 73.1 cm³/mol. The van der Waals surface area contributed by atoms with Gasteiger partial charge >= 0.3 is 0 Å². The van der Waals surface area contributed by atoms with Crippen molar-refractivity contribution in [1.29, 1.82) is 0 Å². The number of piperidine rings is 1. The predicted octanol–water partition coefficient (Wildman–Crippen LogP) is 1.11. The minimum absolute atomic E-state index is 0.0816. The second kappa shape index (κ2) is 6.84. The van der Waals surface area contributed by atoms with Crippen molar-refractivity contribution < 1.29 is 14.9 Å². The molecule has 2 N–H and O–H groups in total. The van der Waals surface area contributed by atoms with E-state index in [0.29, 0.717) is 6.61 Å². The third-order valence-electron chi connectivity index (χ3n) is 3.46.